The van der Waals surface area contributed by atoms with Crippen molar-refractivity contribution in [3.63, 3.8) is 0 Å². The average Bonchev–Trinajstić information content (AvgIpc) is 3.49. The molecule has 7 aliphatic rings. The van der Waals surface area contributed by atoms with Gasteiger partial charge in [0.25, 0.3) is 0 Å². The van der Waals surface area contributed by atoms with Crippen LogP contribution in [-0.2, 0) is 4.79 Å². The van der Waals surface area contributed by atoms with Gasteiger partial charge in [0, 0.05) is 61.0 Å². The van der Waals surface area contributed by atoms with Crippen molar-refractivity contribution in [2.24, 2.45) is 23.7 Å². The molecule has 0 radical (unpaired) electrons. The lowest BCUT2D eigenvalue weighted by molar-refractivity contribution is -0.137. The Bertz CT molecular complexity index is 1220. The molecule has 7 rings (SSSR count). The van der Waals surface area contributed by atoms with Crippen LogP contribution >= 0.6 is 0 Å². The largest absolute Gasteiger partial charge is 0.334 e. The summed E-state index contributed by atoms with van der Waals surface area (Å²) in [6, 6.07) is -1.31. The molecule has 3 amide bonds. The molecule has 0 aromatic carbocycles. The molecule has 46 heavy (non-hydrogen) atoms. The van der Waals surface area contributed by atoms with E-state index in [0.29, 0.717) is 25.9 Å². The summed E-state index contributed by atoms with van der Waals surface area (Å²) >= 11 is 0. The van der Waals surface area contributed by atoms with Gasteiger partial charge in [0.05, 0.1) is 24.4 Å². The molecule has 13 heteroatoms. The minimum absolute atomic E-state index is 0.00370. The molecular weight excluding hydrogens is 592 g/mol. The number of fused-ring (bicyclic) bond motifs is 7. The number of alkyl halides is 2. The molecule has 6 aliphatic heterocycles. The molecule has 13 atom stereocenters. The summed E-state index contributed by atoms with van der Waals surface area (Å²) in [5, 5.41) is 12.9. The number of amides is 3. The summed E-state index contributed by atoms with van der Waals surface area (Å²) in [5.74, 6) is -0.662. The fourth-order valence-electron chi connectivity index (χ4n) is 10.1. The van der Waals surface area contributed by atoms with Gasteiger partial charge < -0.3 is 25.9 Å². The molecule has 1 aliphatic carbocycles. The summed E-state index contributed by atoms with van der Waals surface area (Å²) in [5.41, 5.74) is 7.72. The number of nitrogens with zero attached hydrogens (tertiary/aromatic N) is 4. The maximum Gasteiger partial charge on any atom is 0.320 e. The molecule has 4 saturated heterocycles. The third-order valence-corrected chi connectivity index (χ3v) is 12.2. The van der Waals surface area contributed by atoms with Gasteiger partial charge in [-0.15, -0.1) is 5.53 Å². The second kappa shape index (κ2) is 12.5. The minimum Gasteiger partial charge on any atom is -0.334 e. The van der Waals surface area contributed by atoms with Crippen molar-refractivity contribution in [2.75, 3.05) is 19.6 Å². The first kappa shape index (κ1) is 32.1. The van der Waals surface area contributed by atoms with Crippen LogP contribution in [0.15, 0.2) is 24.6 Å². The zero-order chi connectivity index (χ0) is 32.4. The van der Waals surface area contributed by atoms with E-state index in [1.165, 1.54) is 6.08 Å². The van der Waals surface area contributed by atoms with Crippen LogP contribution in [-0.4, -0.2) is 112 Å². The highest BCUT2D eigenvalue weighted by Crippen LogP contribution is 2.45. The van der Waals surface area contributed by atoms with Gasteiger partial charge in [0.1, 0.15) is 12.3 Å². The molecular formula is C33H53F2N9O2. The summed E-state index contributed by atoms with van der Waals surface area (Å²) in [4.78, 5) is 33.3. The lowest BCUT2D eigenvalue weighted by Crippen LogP contribution is -2.81. The number of hydrazine groups is 2. The summed E-state index contributed by atoms with van der Waals surface area (Å²) in [7, 11) is 0. The standard InChI is InChI=1S/C33H53F2N9O2/c1-6-26(45)41-14-19(5)42(15-18(41)4)31-22-13-24(35)29-27-20(8-7-9-23(27)34)12-21-16-43(40-39-21)25-10-11-36-28(17(2)3)30(25)44(32(22)37-29)33(46)38-31/h6,16-20,22-25,27-32,36-37,39-40H,1,7-15H2,2-5H3,(H,38,46)/t18-,19+,20?,22?,23?,24?,25?,27?,28?,29?,30?,31?,32?/m1/s1. The highest BCUT2D eigenvalue weighted by molar-refractivity contribution is 5.87. The van der Waals surface area contributed by atoms with Crippen LogP contribution in [0.25, 0.3) is 0 Å². The van der Waals surface area contributed by atoms with Crippen LogP contribution in [0.2, 0.25) is 0 Å². The first-order valence-electron chi connectivity index (χ1n) is 17.6. The zero-order valence-electron chi connectivity index (χ0n) is 27.7. The number of rotatable bonds is 3. The van der Waals surface area contributed by atoms with Gasteiger partial charge in [-0.2, -0.15) is 0 Å². The molecule has 0 aromatic heterocycles. The Morgan fingerprint density at radius 2 is 1.89 bits per heavy atom. The van der Waals surface area contributed by atoms with E-state index in [0.717, 1.165) is 31.5 Å². The molecule has 4 bridgehead atoms. The fraction of sp³-hybridized carbons (Fsp3) is 0.818. The molecule has 256 valence electrons. The van der Waals surface area contributed by atoms with Crippen LogP contribution in [0.1, 0.15) is 66.2 Å². The Labute approximate surface area is 271 Å². The lowest BCUT2D eigenvalue weighted by atomic mass is 9.68. The van der Waals surface area contributed by atoms with Crippen LogP contribution in [0, 0.1) is 23.7 Å². The SMILES string of the molecule is C=CC(=O)N1C[C@H](C)N(C2NC(=O)N3C4NC(C(F)CC42)C2C(F)CCCC2CC2=CN(NN2)C2CCNC(C(C)C)C23)C[C@H]1C. The highest BCUT2D eigenvalue weighted by Gasteiger charge is 2.58. The summed E-state index contributed by atoms with van der Waals surface area (Å²) in [6.45, 7) is 14.0. The third-order valence-electron chi connectivity index (χ3n) is 12.2. The monoisotopic (exact) mass is 645 g/mol. The number of nitrogens with one attached hydrogen (secondary N) is 5. The maximum atomic E-state index is 16.8. The van der Waals surface area contributed by atoms with E-state index in [-0.39, 0.29) is 66.3 Å². The molecule has 5 N–H and O–H groups in total. The Hall–Kier alpha value is -2.48. The molecule has 1 saturated carbocycles. The zero-order valence-corrected chi connectivity index (χ0v) is 27.7. The normalized spacial score (nSPS) is 44.6. The topological polar surface area (TPSA) is 107 Å². The van der Waals surface area contributed by atoms with E-state index in [4.69, 9.17) is 0 Å². The molecule has 11 nitrogen and oxygen atoms in total. The molecule has 11 unspecified atom stereocenters. The van der Waals surface area contributed by atoms with Crippen molar-refractivity contribution in [3.05, 3.63) is 24.6 Å². The quantitative estimate of drug-likeness (QED) is 0.298. The molecule has 0 aromatic rings. The number of allylic oxidation sites excluding steroid dienone is 1. The predicted molar refractivity (Wildman–Crippen MR) is 171 cm³/mol. The molecule has 5 fully saturated rings. The number of piperidine rings is 2. The van der Waals surface area contributed by atoms with Crippen molar-refractivity contribution in [3.8, 4) is 0 Å². The van der Waals surface area contributed by atoms with Gasteiger partial charge in [0.15, 0.2) is 0 Å². The van der Waals surface area contributed by atoms with Gasteiger partial charge in [-0.3, -0.25) is 20.0 Å². The van der Waals surface area contributed by atoms with Crippen molar-refractivity contribution < 1.29 is 18.4 Å². The van der Waals surface area contributed by atoms with Crippen LogP contribution < -0.4 is 26.9 Å². The Kier molecular flexibility index (Phi) is 8.73. The number of urea groups is 1. The van der Waals surface area contributed by atoms with Gasteiger partial charge in [-0.25, -0.2) is 13.6 Å². The van der Waals surface area contributed by atoms with Crippen LogP contribution in [0.5, 0.6) is 0 Å². The van der Waals surface area contributed by atoms with Crippen molar-refractivity contribution in [2.45, 2.75) is 127 Å². The summed E-state index contributed by atoms with van der Waals surface area (Å²) < 4.78 is 32.8. The van der Waals surface area contributed by atoms with E-state index in [9.17, 15) is 9.59 Å². The van der Waals surface area contributed by atoms with E-state index in [2.05, 4.69) is 70.4 Å². The number of carbonyl (C=O) groups excluding carboxylic acids is 2. The Morgan fingerprint density at radius 3 is 2.65 bits per heavy atom. The first-order chi connectivity index (χ1) is 22.1. The maximum absolute atomic E-state index is 16.8. The smallest absolute Gasteiger partial charge is 0.320 e. The second-order valence-electron chi connectivity index (χ2n) is 15.3. The van der Waals surface area contributed by atoms with E-state index in [1.807, 2.05) is 16.7 Å². The first-order valence-corrected chi connectivity index (χ1v) is 17.6. The molecule has 6 heterocycles. The number of piperazine rings is 1. The Morgan fingerprint density at radius 1 is 1.09 bits per heavy atom. The predicted octanol–water partition coefficient (Wildman–Crippen LogP) is 2.17. The lowest BCUT2D eigenvalue weighted by Gasteiger charge is -2.61. The molecule has 0 spiro atoms. The van der Waals surface area contributed by atoms with Crippen LogP contribution in [0.3, 0.4) is 0 Å². The van der Waals surface area contributed by atoms with Gasteiger partial charge in [0.2, 0.25) is 5.91 Å². The van der Waals surface area contributed by atoms with E-state index in [1.54, 1.807) is 0 Å². The van der Waals surface area contributed by atoms with Crippen molar-refractivity contribution >= 4 is 11.9 Å². The highest BCUT2D eigenvalue weighted by atomic mass is 19.1. The van der Waals surface area contributed by atoms with Crippen molar-refractivity contribution in [1.29, 1.82) is 0 Å². The van der Waals surface area contributed by atoms with Crippen molar-refractivity contribution in [1.82, 2.24) is 46.6 Å². The Balaban J connectivity index is 1.30. The van der Waals surface area contributed by atoms with Gasteiger partial charge in [-0.05, 0) is 70.4 Å². The number of hydrogen-bond donors (Lipinski definition) is 5. The van der Waals surface area contributed by atoms with E-state index >= 15 is 8.78 Å². The number of hydrogen-bond acceptors (Lipinski definition) is 8. The third kappa shape index (κ3) is 5.38. The summed E-state index contributed by atoms with van der Waals surface area (Å²) in [6.07, 6.45) is 3.97. The number of halogens is 2. The van der Waals surface area contributed by atoms with Gasteiger partial charge >= 0.3 is 6.03 Å². The number of carbonyl (C=O) groups is 2. The second-order valence-corrected chi connectivity index (χ2v) is 15.3. The van der Waals surface area contributed by atoms with Gasteiger partial charge in [-0.1, -0.05) is 26.8 Å². The van der Waals surface area contributed by atoms with E-state index < -0.39 is 36.6 Å². The van der Waals surface area contributed by atoms with Crippen LogP contribution in [0.4, 0.5) is 13.6 Å². The minimum atomic E-state index is -1.26. The fourth-order valence-corrected chi connectivity index (χ4v) is 10.1. The average molecular weight is 646 g/mol.